The molecule has 0 amide bonds. The molecule has 0 radical (unpaired) electrons. The molecule has 0 aliphatic rings. The van der Waals surface area contributed by atoms with Crippen LogP contribution in [0, 0.1) is 6.92 Å². The molecule has 0 saturated heterocycles. The van der Waals surface area contributed by atoms with Crippen LogP contribution in [0.3, 0.4) is 0 Å². The van der Waals surface area contributed by atoms with E-state index >= 15 is 0 Å². The average molecular weight is 350 g/mol. The van der Waals surface area contributed by atoms with E-state index in [0.717, 1.165) is 26.5 Å². The molecular formula is C12H9ClF3N4OS-. The highest BCUT2D eigenvalue weighted by molar-refractivity contribution is 7.13. The standard InChI is InChI=1S/C12H9F3N4OS.ClH/c1-6-16-17-10(21-6)19-8-5-3-4-7(12(13,14)15)9(8)18(2)11(19)20;/h3-5H,1-2H3;1H/p-1. The highest BCUT2D eigenvalue weighted by Crippen LogP contribution is 2.34. The molecule has 5 nitrogen and oxygen atoms in total. The van der Waals surface area contributed by atoms with Crippen LogP contribution in [0.25, 0.3) is 16.2 Å². The van der Waals surface area contributed by atoms with Crippen molar-refractivity contribution in [1.82, 2.24) is 19.3 Å². The van der Waals surface area contributed by atoms with Crippen molar-refractivity contribution in [3.63, 3.8) is 0 Å². The minimum atomic E-state index is -4.53. The first-order chi connectivity index (χ1) is 9.80. The Hall–Kier alpha value is -1.87. The van der Waals surface area contributed by atoms with Crippen molar-refractivity contribution < 1.29 is 25.6 Å². The van der Waals surface area contributed by atoms with E-state index in [0.29, 0.717) is 5.01 Å². The van der Waals surface area contributed by atoms with Crippen LogP contribution in [0.1, 0.15) is 10.6 Å². The summed E-state index contributed by atoms with van der Waals surface area (Å²) < 4.78 is 41.4. The van der Waals surface area contributed by atoms with Crippen LogP contribution < -0.4 is 18.1 Å². The zero-order valence-electron chi connectivity index (χ0n) is 11.3. The summed E-state index contributed by atoms with van der Waals surface area (Å²) in [6, 6.07) is 3.69. The lowest BCUT2D eigenvalue weighted by Gasteiger charge is -2.08. The maximum absolute atomic E-state index is 13.1. The van der Waals surface area contributed by atoms with Gasteiger partial charge in [0, 0.05) is 7.05 Å². The Balaban J connectivity index is 0.00000176. The van der Waals surface area contributed by atoms with E-state index in [1.54, 1.807) is 6.92 Å². The molecule has 3 rings (SSSR count). The summed E-state index contributed by atoms with van der Waals surface area (Å²) in [6.45, 7) is 1.71. The first-order valence-corrected chi connectivity index (χ1v) is 6.70. The van der Waals surface area contributed by atoms with Gasteiger partial charge >= 0.3 is 11.9 Å². The Morgan fingerprint density at radius 3 is 2.45 bits per heavy atom. The van der Waals surface area contributed by atoms with Gasteiger partial charge in [-0.25, -0.2) is 9.36 Å². The van der Waals surface area contributed by atoms with E-state index in [-0.39, 0.29) is 28.6 Å². The number of halogens is 4. The van der Waals surface area contributed by atoms with Crippen molar-refractivity contribution in [2.24, 2.45) is 7.05 Å². The van der Waals surface area contributed by atoms with Gasteiger partial charge in [-0.3, -0.25) is 4.57 Å². The van der Waals surface area contributed by atoms with Crippen LogP contribution >= 0.6 is 11.3 Å². The van der Waals surface area contributed by atoms with Crippen molar-refractivity contribution in [3.8, 4) is 5.13 Å². The molecule has 0 unspecified atom stereocenters. The van der Waals surface area contributed by atoms with Crippen LogP contribution in [0.4, 0.5) is 13.2 Å². The molecule has 22 heavy (non-hydrogen) atoms. The molecule has 0 aliphatic carbocycles. The van der Waals surface area contributed by atoms with Gasteiger partial charge in [-0.15, -0.1) is 10.2 Å². The Bertz CT molecular complexity index is 896. The minimum Gasteiger partial charge on any atom is -1.00 e. The van der Waals surface area contributed by atoms with Crippen molar-refractivity contribution in [3.05, 3.63) is 39.3 Å². The van der Waals surface area contributed by atoms with E-state index in [9.17, 15) is 18.0 Å². The van der Waals surface area contributed by atoms with E-state index < -0.39 is 17.4 Å². The fourth-order valence-corrected chi connectivity index (χ4v) is 2.90. The molecule has 0 saturated carbocycles. The molecule has 0 atom stereocenters. The topological polar surface area (TPSA) is 52.7 Å². The number of nitrogens with zero attached hydrogens (tertiary/aromatic N) is 4. The molecule has 2 heterocycles. The Labute approximate surface area is 132 Å². The van der Waals surface area contributed by atoms with E-state index in [1.807, 2.05) is 0 Å². The van der Waals surface area contributed by atoms with E-state index in [4.69, 9.17) is 0 Å². The number of alkyl halides is 3. The van der Waals surface area contributed by atoms with Gasteiger partial charge < -0.3 is 12.4 Å². The van der Waals surface area contributed by atoms with Crippen molar-refractivity contribution in [2.75, 3.05) is 0 Å². The molecule has 0 N–H and O–H groups in total. The maximum Gasteiger partial charge on any atom is 0.418 e. The van der Waals surface area contributed by atoms with Gasteiger partial charge in [-0.2, -0.15) is 13.2 Å². The summed E-state index contributed by atoms with van der Waals surface area (Å²) in [4.78, 5) is 12.3. The smallest absolute Gasteiger partial charge is 0.418 e. The highest BCUT2D eigenvalue weighted by atomic mass is 35.5. The lowest BCUT2D eigenvalue weighted by molar-refractivity contribution is -0.136. The third-order valence-corrected chi connectivity index (χ3v) is 3.91. The molecule has 2 aromatic heterocycles. The summed E-state index contributed by atoms with van der Waals surface area (Å²) in [6.07, 6.45) is -4.53. The lowest BCUT2D eigenvalue weighted by atomic mass is 10.1. The predicted octanol–water partition coefficient (Wildman–Crippen LogP) is -0.488. The minimum absolute atomic E-state index is 0. The fourth-order valence-electron chi connectivity index (χ4n) is 2.20. The van der Waals surface area contributed by atoms with Crippen LogP contribution in [0.2, 0.25) is 0 Å². The summed E-state index contributed by atoms with van der Waals surface area (Å²) in [5.41, 5.74) is -1.44. The largest absolute Gasteiger partial charge is 1.00 e. The maximum atomic E-state index is 13.1. The third-order valence-electron chi connectivity index (χ3n) is 3.08. The molecule has 0 bridgehead atoms. The molecule has 3 aromatic rings. The summed E-state index contributed by atoms with van der Waals surface area (Å²) in [7, 11) is 1.31. The van der Waals surface area contributed by atoms with Gasteiger partial charge in [0.05, 0.1) is 16.6 Å². The second-order valence-corrected chi connectivity index (χ2v) is 5.61. The van der Waals surface area contributed by atoms with Gasteiger partial charge in [0.2, 0.25) is 5.13 Å². The average Bonchev–Trinajstić information content (AvgIpc) is 2.92. The van der Waals surface area contributed by atoms with Crippen molar-refractivity contribution in [2.45, 2.75) is 13.1 Å². The van der Waals surface area contributed by atoms with Crippen LogP contribution in [0.15, 0.2) is 23.0 Å². The SMILES string of the molecule is Cc1nnc(-n2c(=O)n(C)c3c(C(F)(F)F)cccc32)s1.[Cl-]. The van der Waals surface area contributed by atoms with Gasteiger partial charge in [-0.1, -0.05) is 17.4 Å². The number of aryl methyl sites for hydroxylation is 2. The highest BCUT2D eigenvalue weighted by Gasteiger charge is 2.35. The monoisotopic (exact) mass is 349 g/mol. The summed E-state index contributed by atoms with van der Waals surface area (Å²) in [5, 5.41) is 8.52. The number of hydrogen-bond acceptors (Lipinski definition) is 4. The molecule has 0 fully saturated rings. The number of fused-ring (bicyclic) bond motifs is 1. The number of para-hydroxylation sites is 1. The Morgan fingerprint density at radius 2 is 1.91 bits per heavy atom. The number of benzene rings is 1. The second-order valence-electron chi connectivity index (χ2n) is 4.45. The van der Waals surface area contributed by atoms with Crippen LogP contribution in [-0.4, -0.2) is 19.3 Å². The fraction of sp³-hybridized carbons (Fsp3) is 0.250. The predicted molar refractivity (Wildman–Crippen MR) is 71.7 cm³/mol. The van der Waals surface area contributed by atoms with Gasteiger partial charge in [-0.05, 0) is 19.1 Å². The first kappa shape index (κ1) is 16.5. The summed E-state index contributed by atoms with van der Waals surface area (Å²) in [5.74, 6) is 0. The molecule has 10 heteroatoms. The van der Waals surface area contributed by atoms with Crippen molar-refractivity contribution >= 4 is 22.4 Å². The number of hydrogen-bond donors (Lipinski definition) is 0. The van der Waals surface area contributed by atoms with Crippen molar-refractivity contribution in [1.29, 1.82) is 0 Å². The van der Waals surface area contributed by atoms with E-state index in [1.165, 1.54) is 19.2 Å². The molecular weight excluding hydrogens is 341 g/mol. The van der Waals surface area contributed by atoms with Crippen LogP contribution in [-0.2, 0) is 13.2 Å². The first-order valence-electron chi connectivity index (χ1n) is 5.89. The third kappa shape index (κ3) is 2.40. The Morgan fingerprint density at radius 1 is 1.23 bits per heavy atom. The lowest BCUT2D eigenvalue weighted by Crippen LogP contribution is -3.00. The quantitative estimate of drug-likeness (QED) is 0.596. The number of aromatic nitrogens is 4. The zero-order valence-corrected chi connectivity index (χ0v) is 12.9. The van der Waals surface area contributed by atoms with Gasteiger partial charge in [0.1, 0.15) is 5.01 Å². The molecule has 0 aliphatic heterocycles. The van der Waals surface area contributed by atoms with Crippen LogP contribution in [0.5, 0.6) is 0 Å². The van der Waals surface area contributed by atoms with E-state index in [2.05, 4.69) is 10.2 Å². The Kier molecular flexibility index (Phi) is 4.05. The number of imidazole rings is 1. The summed E-state index contributed by atoms with van der Waals surface area (Å²) >= 11 is 1.14. The zero-order chi connectivity index (χ0) is 15.4. The number of rotatable bonds is 1. The molecule has 1 aromatic carbocycles. The molecule has 118 valence electrons. The van der Waals surface area contributed by atoms with Gasteiger partial charge in [0.25, 0.3) is 0 Å². The molecule has 0 spiro atoms. The normalized spacial score (nSPS) is 11.7. The van der Waals surface area contributed by atoms with Gasteiger partial charge in [0.15, 0.2) is 0 Å². The second kappa shape index (κ2) is 5.40.